The van der Waals surface area contributed by atoms with Crippen LogP contribution in [-0.4, -0.2) is 98.3 Å². The average molecular weight is 653 g/mol. The van der Waals surface area contributed by atoms with Gasteiger partial charge in [0.25, 0.3) is 5.91 Å². The Kier molecular flexibility index (Phi) is 11.3. The molecule has 4 amide bonds. The molecule has 0 spiro atoms. The molecule has 2 heterocycles. The lowest BCUT2D eigenvalue weighted by Gasteiger charge is -2.38. The Labute approximate surface area is 267 Å². The summed E-state index contributed by atoms with van der Waals surface area (Å²) in [4.78, 5) is 69.1. The van der Waals surface area contributed by atoms with Crippen molar-refractivity contribution in [3.8, 4) is 0 Å². The number of rotatable bonds is 13. The second-order valence-electron chi connectivity index (χ2n) is 14.5. The van der Waals surface area contributed by atoms with E-state index in [0.29, 0.717) is 32.4 Å². The van der Waals surface area contributed by atoms with Crippen LogP contribution in [-0.2, 0) is 34.0 Å². The Morgan fingerprint density at radius 3 is 2.20 bits per heavy atom. The van der Waals surface area contributed by atoms with E-state index in [1.807, 2.05) is 27.7 Å². The van der Waals surface area contributed by atoms with Crippen LogP contribution in [0, 0.1) is 17.3 Å². The Morgan fingerprint density at radius 2 is 1.62 bits per heavy atom. The van der Waals surface area contributed by atoms with E-state index in [-0.39, 0.29) is 30.3 Å². The van der Waals surface area contributed by atoms with E-state index in [4.69, 9.17) is 0 Å². The summed E-state index contributed by atoms with van der Waals surface area (Å²) in [5, 5.41) is 11.7. The van der Waals surface area contributed by atoms with E-state index >= 15 is 0 Å². The van der Waals surface area contributed by atoms with Gasteiger partial charge in [0.2, 0.25) is 33.5 Å². The Balaban J connectivity index is 1.55. The SMILES string of the molecule is CCC[C@H](NC(=O)[C@@H]1C2NCC[C@H]2CN1C(=O)[C@@H](NC(=O)[C@@H](NS(C)(=O)=O)C1CCCCC1)C(C)(C)C)C(=O)C(=O)NC1CC1. The minimum Gasteiger partial charge on any atom is -0.347 e. The van der Waals surface area contributed by atoms with Gasteiger partial charge in [0.05, 0.1) is 12.3 Å². The topological polar surface area (TPSA) is 183 Å². The first-order valence-corrected chi connectivity index (χ1v) is 18.5. The summed E-state index contributed by atoms with van der Waals surface area (Å²) < 4.78 is 27.0. The zero-order valence-electron chi connectivity index (χ0n) is 27.3. The first-order chi connectivity index (χ1) is 21.1. The number of ketones is 1. The van der Waals surface area contributed by atoms with E-state index in [1.165, 1.54) is 4.90 Å². The number of Topliss-reactive ketones (excluding diaryl/α,β-unsaturated/α-hetero) is 1. The van der Waals surface area contributed by atoms with Crippen molar-refractivity contribution in [2.75, 3.05) is 19.3 Å². The third-order valence-corrected chi connectivity index (χ3v) is 10.2. The molecule has 0 radical (unpaired) electrons. The number of hydrogen-bond donors (Lipinski definition) is 5. The largest absolute Gasteiger partial charge is 0.347 e. The van der Waals surface area contributed by atoms with Gasteiger partial charge in [0.1, 0.15) is 18.1 Å². The van der Waals surface area contributed by atoms with Crippen molar-refractivity contribution < 1.29 is 32.4 Å². The van der Waals surface area contributed by atoms with E-state index < -0.39 is 69.0 Å². The molecule has 2 saturated heterocycles. The summed E-state index contributed by atoms with van der Waals surface area (Å²) in [7, 11) is -3.71. The van der Waals surface area contributed by atoms with Crippen molar-refractivity contribution in [2.24, 2.45) is 17.3 Å². The molecule has 0 bridgehead atoms. The molecule has 0 aromatic rings. The molecule has 1 unspecified atom stereocenters. The monoisotopic (exact) mass is 652 g/mol. The van der Waals surface area contributed by atoms with Crippen LogP contribution in [0.25, 0.3) is 0 Å². The van der Waals surface area contributed by atoms with Crippen LogP contribution in [0.3, 0.4) is 0 Å². The first-order valence-electron chi connectivity index (χ1n) is 16.6. The third kappa shape index (κ3) is 9.03. The highest BCUT2D eigenvalue weighted by Crippen LogP contribution is 2.34. The van der Waals surface area contributed by atoms with Gasteiger partial charge < -0.3 is 26.2 Å². The molecule has 0 aromatic carbocycles. The van der Waals surface area contributed by atoms with Crippen LogP contribution in [0.1, 0.15) is 91.9 Å². The highest BCUT2D eigenvalue weighted by atomic mass is 32.2. The molecule has 6 atom stereocenters. The highest BCUT2D eigenvalue weighted by molar-refractivity contribution is 7.88. The number of sulfonamides is 1. The molecule has 45 heavy (non-hydrogen) atoms. The molecule has 13 nitrogen and oxygen atoms in total. The zero-order valence-corrected chi connectivity index (χ0v) is 28.1. The average Bonchev–Trinajstić information content (AvgIpc) is 3.53. The van der Waals surface area contributed by atoms with Gasteiger partial charge in [-0.2, -0.15) is 0 Å². The molecule has 5 N–H and O–H groups in total. The summed E-state index contributed by atoms with van der Waals surface area (Å²) in [6.45, 7) is 8.28. The van der Waals surface area contributed by atoms with Crippen molar-refractivity contribution in [3.05, 3.63) is 0 Å². The molecular formula is C31H52N6O7S. The number of nitrogens with zero attached hydrogens (tertiary/aromatic N) is 1. The minimum atomic E-state index is -3.71. The predicted molar refractivity (Wildman–Crippen MR) is 168 cm³/mol. The van der Waals surface area contributed by atoms with E-state index in [0.717, 1.165) is 44.8 Å². The molecule has 4 aliphatic rings. The quantitative estimate of drug-likeness (QED) is 0.177. The fraction of sp³-hybridized carbons (Fsp3) is 0.839. The van der Waals surface area contributed by atoms with Gasteiger partial charge in [-0.1, -0.05) is 53.4 Å². The maximum atomic E-state index is 14.4. The molecule has 2 aliphatic carbocycles. The van der Waals surface area contributed by atoms with E-state index in [1.54, 1.807) is 0 Å². The van der Waals surface area contributed by atoms with Gasteiger partial charge in [-0.25, -0.2) is 13.1 Å². The normalized spacial score (nSPS) is 26.0. The lowest BCUT2D eigenvalue weighted by molar-refractivity contribution is -0.145. The summed E-state index contributed by atoms with van der Waals surface area (Å²) in [6.07, 6.45) is 8.50. The third-order valence-electron chi connectivity index (χ3n) is 9.55. The van der Waals surface area contributed by atoms with Crippen LogP contribution in [0.5, 0.6) is 0 Å². The number of hydrogen-bond acceptors (Lipinski definition) is 8. The van der Waals surface area contributed by atoms with Crippen LogP contribution in [0.2, 0.25) is 0 Å². The van der Waals surface area contributed by atoms with E-state index in [2.05, 4.69) is 26.0 Å². The summed E-state index contributed by atoms with van der Waals surface area (Å²) in [6, 6.07) is -4.38. The number of nitrogens with one attached hydrogen (secondary N) is 5. The summed E-state index contributed by atoms with van der Waals surface area (Å²) >= 11 is 0. The Morgan fingerprint density at radius 1 is 0.956 bits per heavy atom. The lowest BCUT2D eigenvalue weighted by atomic mass is 9.82. The van der Waals surface area contributed by atoms with Crippen molar-refractivity contribution in [1.82, 2.24) is 30.9 Å². The standard InChI is InChI=1S/C31H52N6O7S/c1-6-10-21(25(38)29(41)33-20-13-14-20)34-28(40)24-22-19(15-16-32-22)17-37(24)30(42)26(31(2,3)4)35-27(39)23(36-45(5,43)44)18-11-8-7-9-12-18/h18-24,26,32,36H,6-17H2,1-5H3,(H,33,41)(H,34,40)(H,35,39)/t19-,21-,22?,23-,24-,26+/m0/s1. The zero-order chi connectivity index (χ0) is 33.1. The molecule has 4 fully saturated rings. The fourth-order valence-electron chi connectivity index (χ4n) is 7.01. The summed E-state index contributed by atoms with van der Waals surface area (Å²) in [5.41, 5.74) is -0.775. The lowest BCUT2D eigenvalue weighted by Crippen LogP contribution is -2.63. The van der Waals surface area contributed by atoms with E-state index in [9.17, 15) is 32.4 Å². The van der Waals surface area contributed by atoms with Crippen LogP contribution < -0.4 is 26.0 Å². The number of fused-ring (bicyclic) bond motifs is 1. The Bertz CT molecular complexity index is 1240. The van der Waals surface area contributed by atoms with Gasteiger partial charge in [-0.05, 0) is 62.3 Å². The smallest absolute Gasteiger partial charge is 0.289 e. The molecule has 2 saturated carbocycles. The molecule has 2 aliphatic heterocycles. The maximum Gasteiger partial charge on any atom is 0.289 e. The minimum absolute atomic E-state index is 0.000655. The molecular weight excluding hydrogens is 600 g/mol. The second-order valence-corrected chi connectivity index (χ2v) is 16.3. The van der Waals surface area contributed by atoms with Crippen LogP contribution >= 0.6 is 0 Å². The van der Waals surface area contributed by atoms with Crippen molar-refractivity contribution in [3.63, 3.8) is 0 Å². The van der Waals surface area contributed by atoms with Gasteiger partial charge in [0.15, 0.2) is 0 Å². The van der Waals surface area contributed by atoms with Crippen LogP contribution in [0.15, 0.2) is 0 Å². The van der Waals surface area contributed by atoms with Gasteiger partial charge in [0, 0.05) is 18.6 Å². The Hall–Kier alpha value is -2.58. The maximum absolute atomic E-state index is 14.4. The number of carbonyl (C=O) groups is 5. The molecule has 0 aromatic heterocycles. The second kappa shape index (κ2) is 14.5. The molecule has 254 valence electrons. The highest BCUT2D eigenvalue weighted by Gasteiger charge is 2.52. The fourth-order valence-corrected chi connectivity index (χ4v) is 7.77. The van der Waals surface area contributed by atoms with Gasteiger partial charge >= 0.3 is 0 Å². The van der Waals surface area contributed by atoms with Crippen molar-refractivity contribution >= 4 is 39.4 Å². The first kappa shape index (κ1) is 35.3. The van der Waals surface area contributed by atoms with Crippen LogP contribution in [0.4, 0.5) is 0 Å². The van der Waals surface area contributed by atoms with Crippen molar-refractivity contribution in [1.29, 1.82) is 0 Å². The van der Waals surface area contributed by atoms with Gasteiger partial charge in [-0.3, -0.25) is 24.0 Å². The molecule has 14 heteroatoms. The van der Waals surface area contributed by atoms with Gasteiger partial charge in [-0.15, -0.1) is 0 Å². The number of carbonyl (C=O) groups excluding carboxylic acids is 5. The predicted octanol–water partition coefficient (Wildman–Crippen LogP) is 0.337. The number of amides is 4. The molecule has 4 rings (SSSR count). The summed E-state index contributed by atoms with van der Waals surface area (Å²) in [5.74, 6) is -3.12. The van der Waals surface area contributed by atoms with Crippen molar-refractivity contribution in [2.45, 2.75) is 128 Å². The number of likely N-dealkylation sites (tertiary alicyclic amines) is 1.